The van der Waals surface area contributed by atoms with Crippen LogP contribution in [0.1, 0.15) is 17.5 Å². The highest BCUT2D eigenvalue weighted by atomic mass is 32.1. The van der Waals surface area contributed by atoms with Crippen LogP contribution in [-0.4, -0.2) is 36.9 Å². The third-order valence-electron chi connectivity index (χ3n) is 6.08. The summed E-state index contributed by atoms with van der Waals surface area (Å²) in [4.78, 5) is 28.5. The standard InChI is InChI=1S/C25H26N2O3S/c1-30-20-10-8-18(9-11-20)15-23(28)27-13-12-25(17-27,24(26)29)16-19-5-2-3-6-21(19)22-7-4-14-31-22/h2-11,14H,12-13,15-17H2,1H3,(H2,26,29)/t25-/m1/s1. The Hall–Kier alpha value is -3.12. The summed E-state index contributed by atoms with van der Waals surface area (Å²) in [5, 5.41) is 2.05. The van der Waals surface area contributed by atoms with E-state index in [2.05, 4.69) is 18.2 Å². The van der Waals surface area contributed by atoms with Gasteiger partial charge < -0.3 is 15.4 Å². The fourth-order valence-electron chi connectivity index (χ4n) is 4.26. The minimum atomic E-state index is -0.747. The van der Waals surface area contributed by atoms with Gasteiger partial charge in [-0.3, -0.25) is 9.59 Å². The van der Waals surface area contributed by atoms with E-state index >= 15 is 0 Å². The molecule has 0 spiro atoms. The van der Waals surface area contributed by atoms with Crippen molar-refractivity contribution >= 4 is 23.2 Å². The fraction of sp³-hybridized carbons (Fsp3) is 0.280. The molecule has 2 amide bonds. The smallest absolute Gasteiger partial charge is 0.227 e. The molecule has 1 atom stereocenters. The van der Waals surface area contributed by atoms with Crippen molar-refractivity contribution in [1.29, 1.82) is 0 Å². The highest BCUT2D eigenvalue weighted by Gasteiger charge is 2.45. The van der Waals surface area contributed by atoms with Crippen molar-refractivity contribution in [2.75, 3.05) is 20.2 Å². The first-order valence-corrected chi connectivity index (χ1v) is 11.2. The summed E-state index contributed by atoms with van der Waals surface area (Å²) in [5.41, 5.74) is 8.30. The molecule has 2 heterocycles. The first kappa shape index (κ1) is 21.1. The second-order valence-electron chi connectivity index (χ2n) is 8.05. The molecule has 1 fully saturated rings. The number of likely N-dealkylation sites (tertiary alicyclic amines) is 1. The van der Waals surface area contributed by atoms with E-state index in [1.807, 2.05) is 47.8 Å². The van der Waals surface area contributed by atoms with E-state index < -0.39 is 5.41 Å². The highest BCUT2D eigenvalue weighted by Crippen LogP contribution is 2.38. The summed E-state index contributed by atoms with van der Waals surface area (Å²) >= 11 is 1.68. The van der Waals surface area contributed by atoms with Gasteiger partial charge in [0.1, 0.15) is 5.75 Å². The summed E-state index contributed by atoms with van der Waals surface area (Å²) < 4.78 is 5.17. The lowest BCUT2D eigenvalue weighted by Gasteiger charge is -2.27. The van der Waals surface area contributed by atoms with Gasteiger partial charge >= 0.3 is 0 Å². The zero-order valence-corrected chi connectivity index (χ0v) is 18.4. The molecule has 4 rings (SSSR count). The van der Waals surface area contributed by atoms with Gasteiger partial charge in [0.05, 0.1) is 18.9 Å². The van der Waals surface area contributed by atoms with Crippen molar-refractivity contribution in [2.24, 2.45) is 11.1 Å². The van der Waals surface area contributed by atoms with Crippen LogP contribution in [0.25, 0.3) is 10.4 Å². The molecule has 2 aromatic carbocycles. The lowest BCUT2D eigenvalue weighted by Crippen LogP contribution is -2.42. The van der Waals surface area contributed by atoms with E-state index in [0.717, 1.165) is 22.4 Å². The van der Waals surface area contributed by atoms with Gasteiger partial charge in [-0.05, 0) is 53.1 Å². The summed E-state index contributed by atoms with van der Waals surface area (Å²) in [6, 6.07) is 19.7. The summed E-state index contributed by atoms with van der Waals surface area (Å²) in [7, 11) is 1.62. The number of carbonyl (C=O) groups is 2. The molecular weight excluding hydrogens is 408 g/mol. The maximum atomic E-state index is 12.9. The molecule has 2 N–H and O–H groups in total. The zero-order valence-electron chi connectivity index (χ0n) is 17.5. The van der Waals surface area contributed by atoms with Gasteiger partial charge in [0.2, 0.25) is 11.8 Å². The van der Waals surface area contributed by atoms with Crippen LogP contribution < -0.4 is 10.5 Å². The number of carbonyl (C=O) groups excluding carboxylic acids is 2. The number of thiophene rings is 1. The largest absolute Gasteiger partial charge is 0.497 e. The second kappa shape index (κ2) is 8.94. The van der Waals surface area contributed by atoms with Crippen molar-refractivity contribution in [1.82, 2.24) is 4.90 Å². The molecule has 1 aliphatic rings. The number of nitrogens with two attached hydrogens (primary N) is 1. The van der Waals surface area contributed by atoms with Crippen molar-refractivity contribution in [3.05, 3.63) is 77.2 Å². The third kappa shape index (κ3) is 4.49. The van der Waals surface area contributed by atoms with E-state index in [0.29, 0.717) is 32.4 Å². The lowest BCUT2D eigenvalue weighted by molar-refractivity contribution is -0.131. The normalized spacial score (nSPS) is 18.2. The van der Waals surface area contributed by atoms with Crippen molar-refractivity contribution in [3.63, 3.8) is 0 Å². The fourth-order valence-corrected chi connectivity index (χ4v) is 5.05. The molecule has 6 heteroatoms. The molecule has 3 aromatic rings. The Morgan fingerprint density at radius 2 is 1.87 bits per heavy atom. The number of hydrogen-bond acceptors (Lipinski definition) is 4. The van der Waals surface area contributed by atoms with E-state index in [4.69, 9.17) is 10.5 Å². The maximum Gasteiger partial charge on any atom is 0.227 e. The Kier molecular flexibility index (Phi) is 6.09. The second-order valence-corrected chi connectivity index (χ2v) is 8.99. The minimum absolute atomic E-state index is 0.0137. The molecule has 31 heavy (non-hydrogen) atoms. The lowest BCUT2D eigenvalue weighted by atomic mass is 9.79. The van der Waals surface area contributed by atoms with Crippen LogP contribution in [0.3, 0.4) is 0 Å². The first-order valence-electron chi connectivity index (χ1n) is 10.3. The van der Waals surface area contributed by atoms with Crippen molar-refractivity contribution in [3.8, 4) is 16.2 Å². The number of nitrogens with zero attached hydrogens (tertiary/aromatic N) is 1. The minimum Gasteiger partial charge on any atom is -0.497 e. The molecule has 0 unspecified atom stereocenters. The average Bonchev–Trinajstić information content (AvgIpc) is 3.46. The van der Waals surface area contributed by atoms with Gasteiger partial charge in [-0.1, -0.05) is 42.5 Å². The summed E-state index contributed by atoms with van der Waals surface area (Å²) in [6.45, 7) is 0.898. The van der Waals surface area contributed by atoms with Crippen molar-refractivity contribution < 1.29 is 14.3 Å². The van der Waals surface area contributed by atoms with E-state index in [9.17, 15) is 9.59 Å². The number of benzene rings is 2. The Bertz CT molecular complexity index is 1060. The monoisotopic (exact) mass is 434 g/mol. The van der Waals surface area contributed by atoms with Crippen LogP contribution in [0.5, 0.6) is 5.75 Å². The van der Waals surface area contributed by atoms with Crippen LogP contribution in [0, 0.1) is 5.41 Å². The van der Waals surface area contributed by atoms with Gasteiger partial charge in [0, 0.05) is 18.0 Å². The number of ether oxygens (including phenoxy) is 1. The molecular formula is C25H26N2O3S. The van der Waals surface area contributed by atoms with Gasteiger partial charge in [-0.15, -0.1) is 11.3 Å². The van der Waals surface area contributed by atoms with Crippen LogP contribution in [0.15, 0.2) is 66.0 Å². The van der Waals surface area contributed by atoms with E-state index in [1.165, 1.54) is 4.88 Å². The first-order chi connectivity index (χ1) is 15.0. The van der Waals surface area contributed by atoms with Gasteiger partial charge in [-0.25, -0.2) is 0 Å². The van der Waals surface area contributed by atoms with Crippen LogP contribution >= 0.6 is 11.3 Å². The zero-order chi connectivity index (χ0) is 21.8. The molecule has 0 aliphatic carbocycles. The molecule has 0 saturated carbocycles. The average molecular weight is 435 g/mol. The number of methoxy groups -OCH3 is 1. The van der Waals surface area contributed by atoms with Gasteiger partial charge in [0.15, 0.2) is 0 Å². The van der Waals surface area contributed by atoms with E-state index in [1.54, 1.807) is 23.3 Å². The summed E-state index contributed by atoms with van der Waals surface area (Å²) in [6.07, 6.45) is 1.41. The molecule has 160 valence electrons. The SMILES string of the molecule is COc1ccc(CC(=O)N2CC[C@](Cc3ccccc3-c3cccs3)(C(N)=O)C2)cc1. The van der Waals surface area contributed by atoms with E-state index in [-0.39, 0.29) is 11.8 Å². The Labute approximate surface area is 186 Å². The molecule has 1 aromatic heterocycles. The third-order valence-corrected chi connectivity index (χ3v) is 6.98. The molecule has 5 nitrogen and oxygen atoms in total. The Balaban J connectivity index is 1.51. The maximum absolute atomic E-state index is 12.9. The predicted molar refractivity (Wildman–Crippen MR) is 123 cm³/mol. The number of rotatable bonds is 7. The molecule has 1 aliphatic heterocycles. The molecule has 0 radical (unpaired) electrons. The number of amides is 2. The summed E-state index contributed by atoms with van der Waals surface area (Å²) in [5.74, 6) is 0.433. The van der Waals surface area contributed by atoms with Crippen molar-refractivity contribution in [2.45, 2.75) is 19.3 Å². The Morgan fingerprint density at radius 1 is 1.10 bits per heavy atom. The van der Waals surface area contributed by atoms with Crippen LogP contribution in [0.2, 0.25) is 0 Å². The van der Waals surface area contributed by atoms with Gasteiger partial charge in [-0.2, -0.15) is 0 Å². The van der Waals surface area contributed by atoms with Crippen LogP contribution in [-0.2, 0) is 22.4 Å². The molecule has 0 bridgehead atoms. The van der Waals surface area contributed by atoms with Crippen LogP contribution in [0.4, 0.5) is 0 Å². The highest BCUT2D eigenvalue weighted by molar-refractivity contribution is 7.13. The van der Waals surface area contributed by atoms with Gasteiger partial charge in [0.25, 0.3) is 0 Å². The Morgan fingerprint density at radius 3 is 2.55 bits per heavy atom. The topological polar surface area (TPSA) is 72.6 Å². The number of primary amides is 1. The number of hydrogen-bond donors (Lipinski definition) is 1. The molecule has 1 saturated heterocycles. The predicted octanol–water partition coefficient (Wildman–Crippen LogP) is 3.91. The quantitative estimate of drug-likeness (QED) is 0.613.